The Balaban J connectivity index is 1.29. The summed E-state index contributed by atoms with van der Waals surface area (Å²) < 4.78 is 54.5. The third kappa shape index (κ3) is 7.57. The molecule has 5 aromatic rings. The van der Waals surface area contributed by atoms with Crippen LogP contribution in [0.1, 0.15) is 15.9 Å². The minimum absolute atomic E-state index is 0.00331. The molecular formula is C34H23F4N3O3S. The summed E-state index contributed by atoms with van der Waals surface area (Å²) in [6.45, 7) is 0. The zero-order valence-electron chi connectivity index (χ0n) is 23.2. The number of thioether (sulfide) groups is 1. The van der Waals surface area contributed by atoms with Crippen LogP contribution in [0.2, 0.25) is 0 Å². The minimum Gasteiger partial charge on any atom is -0.321 e. The van der Waals surface area contributed by atoms with Gasteiger partial charge in [-0.25, -0.2) is 17.6 Å². The molecule has 0 fully saturated rings. The molecule has 0 spiro atoms. The van der Waals surface area contributed by atoms with Gasteiger partial charge in [0.2, 0.25) is 5.91 Å². The van der Waals surface area contributed by atoms with E-state index in [-0.39, 0.29) is 17.5 Å². The Hall–Kier alpha value is -5.42. The van der Waals surface area contributed by atoms with Crippen LogP contribution in [0.4, 0.5) is 28.9 Å². The fraction of sp³-hybridized carbons (Fsp3) is 0.0294. The van der Waals surface area contributed by atoms with E-state index < -0.39 is 46.7 Å². The lowest BCUT2D eigenvalue weighted by molar-refractivity contribution is -0.114. The van der Waals surface area contributed by atoms with Crippen molar-refractivity contribution in [2.45, 2.75) is 4.90 Å². The molecule has 5 aromatic carbocycles. The second-order valence-electron chi connectivity index (χ2n) is 9.61. The van der Waals surface area contributed by atoms with E-state index in [4.69, 9.17) is 0 Å². The Morgan fingerprint density at radius 3 is 2.07 bits per heavy atom. The molecule has 226 valence electrons. The number of carbonyl (C=O) groups excluding carboxylic acids is 3. The van der Waals surface area contributed by atoms with Gasteiger partial charge in [0.05, 0.1) is 5.75 Å². The molecule has 6 nitrogen and oxygen atoms in total. The van der Waals surface area contributed by atoms with Gasteiger partial charge >= 0.3 is 0 Å². The Labute approximate surface area is 259 Å². The quantitative estimate of drug-likeness (QED) is 0.0681. The van der Waals surface area contributed by atoms with Crippen LogP contribution in [0.25, 0.3) is 16.8 Å². The zero-order chi connectivity index (χ0) is 31.9. The van der Waals surface area contributed by atoms with Crippen molar-refractivity contribution in [3.8, 4) is 0 Å². The van der Waals surface area contributed by atoms with Crippen molar-refractivity contribution >= 4 is 57.7 Å². The molecule has 0 aromatic heterocycles. The predicted octanol–water partition coefficient (Wildman–Crippen LogP) is 7.54. The molecule has 0 aliphatic rings. The second-order valence-corrected chi connectivity index (χ2v) is 10.7. The third-order valence-corrected chi connectivity index (χ3v) is 7.52. The largest absolute Gasteiger partial charge is 0.321 e. The molecule has 0 atom stereocenters. The first-order valence-electron chi connectivity index (χ1n) is 13.4. The van der Waals surface area contributed by atoms with Gasteiger partial charge in [-0.15, -0.1) is 11.8 Å². The highest BCUT2D eigenvalue weighted by Gasteiger charge is 2.21. The first kappa shape index (κ1) is 31.0. The van der Waals surface area contributed by atoms with Gasteiger partial charge in [0.15, 0.2) is 23.3 Å². The van der Waals surface area contributed by atoms with Crippen molar-refractivity contribution in [2.75, 3.05) is 16.4 Å². The molecule has 0 radical (unpaired) electrons. The number of nitrogens with one attached hydrogen (secondary N) is 3. The van der Waals surface area contributed by atoms with Crippen molar-refractivity contribution in [2.24, 2.45) is 0 Å². The van der Waals surface area contributed by atoms with Crippen LogP contribution in [0, 0.1) is 23.3 Å². The molecule has 3 N–H and O–H groups in total. The molecule has 0 aliphatic heterocycles. The van der Waals surface area contributed by atoms with Gasteiger partial charge in [0.25, 0.3) is 11.8 Å². The molecule has 0 aliphatic carbocycles. The fourth-order valence-corrected chi connectivity index (χ4v) is 5.01. The third-order valence-electron chi connectivity index (χ3n) is 6.51. The van der Waals surface area contributed by atoms with E-state index in [0.717, 1.165) is 28.1 Å². The summed E-state index contributed by atoms with van der Waals surface area (Å²) in [5.74, 6) is -8.96. The van der Waals surface area contributed by atoms with E-state index in [2.05, 4.69) is 10.6 Å². The molecule has 3 amide bonds. The van der Waals surface area contributed by atoms with E-state index in [1.807, 2.05) is 47.8 Å². The lowest BCUT2D eigenvalue weighted by Crippen LogP contribution is -2.30. The lowest BCUT2D eigenvalue weighted by atomic mass is 10.0. The van der Waals surface area contributed by atoms with E-state index >= 15 is 0 Å². The lowest BCUT2D eigenvalue weighted by Gasteiger charge is -2.13. The van der Waals surface area contributed by atoms with Gasteiger partial charge < -0.3 is 16.0 Å². The van der Waals surface area contributed by atoms with Crippen LogP contribution in [-0.4, -0.2) is 23.5 Å². The summed E-state index contributed by atoms with van der Waals surface area (Å²) in [6, 6.07) is 28.1. The Kier molecular flexibility index (Phi) is 9.59. The molecule has 0 saturated heterocycles. The fourth-order valence-electron chi connectivity index (χ4n) is 4.31. The zero-order valence-corrected chi connectivity index (χ0v) is 24.1. The number of carbonyl (C=O) groups is 3. The van der Waals surface area contributed by atoms with E-state index in [1.165, 1.54) is 0 Å². The van der Waals surface area contributed by atoms with Crippen LogP contribution < -0.4 is 16.0 Å². The van der Waals surface area contributed by atoms with E-state index in [0.29, 0.717) is 16.1 Å². The topological polar surface area (TPSA) is 87.3 Å². The number of hydrogen-bond acceptors (Lipinski definition) is 4. The SMILES string of the molecule is O=C(CSc1ccc(NC(=O)/C(=C/c2cccc3ccccc23)NC(=O)c2ccccc2)cc1)Nc1c(F)c(F)cc(F)c1F. The molecule has 0 unspecified atom stereocenters. The van der Waals surface area contributed by atoms with Crippen LogP contribution in [-0.2, 0) is 9.59 Å². The molecule has 5 rings (SSSR count). The smallest absolute Gasteiger partial charge is 0.272 e. The minimum atomic E-state index is -1.71. The van der Waals surface area contributed by atoms with Crippen molar-refractivity contribution < 1.29 is 31.9 Å². The Morgan fingerprint density at radius 2 is 1.36 bits per heavy atom. The highest BCUT2D eigenvalue weighted by Crippen LogP contribution is 2.26. The number of hydrogen-bond donors (Lipinski definition) is 3. The number of amides is 3. The van der Waals surface area contributed by atoms with Crippen LogP contribution >= 0.6 is 11.8 Å². The van der Waals surface area contributed by atoms with Crippen LogP contribution in [0.15, 0.2) is 114 Å². The van der Waals surface area contributed by atoms with Gasteiger partial charge in [0.1, 0.15) is 11.4 Å². The van der Waals surface area contributed by atoms with Gasteiger partial charge in [0, 0.05) is 22.2 Å². The molecule has 45 heavy (non-hydrogen) atoms. The number of halogens is 4. The maximum absolute atomic E-state index is 13.9. The average Bonchev–Trinajstić information content (AvgIpc) is 3.05. The first-order chi connectivity index (χ1) is 21.7. The molecule has 0 bridgehead atoms. The maximum atomic E-state index is 13.9. The van der Waals surface area contributed by atoms with Gasteiger partial charge in [-0.1, -0.05) is 60.7 Å². The van der Waals surface area contributed by atoms with Crippen molar-refractivity contribution in [1.82, 2.24) is 5.32 Å². The highest BCUT2D eigenvalue weighted by atomic mass is 32.2. The normalized spacial score (nSPS) is 11.2. The highest BCUT2D eigenvalue weighted by molar-refractivity contribution is 8.00. The number of anilines is 2. The summed E-state index contributed by atoms with van der Waals surface area (Å²) in [5.41, 5.74) is 0.266. The van der Waals surface area contributed by atoms with Gasteiger partial charge in [-0.3, -0.25) is 14.4 Å². The molecule has 0 heterocycles. The first-order valence-corrected chi connectivity index (χ1v) is 14.4. The van der Waals surface area contributed by atoms with Gasteiger partial charge in [-0.05, 0) is 58.8 Å². The Bertz CT molecular complexity index is 1900. The monoisotopic (exact) mass is 629 g/mol. The van der Waals surface area contributed by atoms with Gasteiger partial charge in [-0.2, -0.15) is 0 Å². The van der Waals surface area contributed by atoms with Crippen molar-refractivity contribution in [3.63, 3.8) is 0 Å². The van der Waals surface area contributed by atoms with Crippen LogP contribution in [0.3, 0.4) is 0 Å². The van der Waals surface area contributed by atoms with E-state index in [9.17, 15) is 31.9 Å². The van der Waals surface area contributed by atoms with Crippen molar-refractivity contribution in [3.05, 3.63) is 143 Å². The predicted molar refractivity (Wildman–Crippen MR) is 167 cm³/mol. The summed E-state index contributed by atoms with van der Waals surface area (Å²) >= 11 is 0.985. The molecular weight excluding hydrogens is 606 g/mol. The number of fused-ring (bicyclic) bond motifs is 1. The number of benzene rings is 5. The summed E-state index contributed by atoms with van der Waals surface area (Å²) in [5, 5.41) is 9.15. The summed E-state index contributed by atoms with van der Waals surface area (Å²) in [4.78, 5) is 39.2. The van der Waals surface area contributed by atoms with E-state index in [1.54, 1.807) is 60.7 Å². The standard InChI is InChI=1S/C34H23F4N3O3S/c35-26-18-27(36)31(38)32(30(26)37)41-29(42)19-45-24-15-13-23(14-16-24)39-34(44)28(40-33(43)21-8-2-1-3-9-21)17-22-11-6-10-20-7-4-5-12-25(20)22/h1-18H,19H2,(H,39,44)(H,40,43)(H,41,42)/b28-17-. The molecule has 11 heteroatoms. The second kappa shape index (κ2) is 13.9. The van der Waals surface area contributed by atoms with Crippen LogP contribution in [0.5, 0.6) is 0 Å². The summed E-state index contributed by atoms with van der Waals surface area (Å²) in [6.07, 6.45) is 1.59. The maximum Gasteiger partial charge on any atom is 0.272 e. The Morgan fingerprint density at radius 1 is 0.711 bits per heavy atom. The number of rotatable bonds is 9. The van der Waals surface area contributed by atoms with Crippen molar-refractivity contribution in [1.29, 1.82) is 0 Å². The average molecular weight is 630 g/mol. The molecule has 0 saturated carbocycles. The summed E-state index contributed by atoms with van der Waals surface area (Å²) in [7, 11) is 0.